The lowest BCUT2D eigenvalue weighted by molar-refractivity contribution is -0.385. The van der Waals surface area contributed by atoms with E-state index in [2.05, 4.69) is 13.8 Å². The summed E-state index contributed by atoms with van der Waals surface area (Å²) in [6.45, 7) is 4.08. The van der Waals surface area contributed by atoms with Gasteiger partial charge in [-0.1, -0.05) is 32.0 Å². The summed E-state index contributed by atoms with van der Waals surface area (Å²) in [7, 11) is -7.70. The molecule has 1 aliphatic rings. The number of hydrogen-bond donors (Lipinski definition) is 0. The Morgan fingerprint density at radius 1 is 0.903 bits per heavy atom. The van der Waals surface area contributed by atoms with Gasteiger partial charge in [0.15, 0.2) is 0 Å². The number of nitro groups is 1. The summed E-state index contributed by atoms with van der Waals surface area (Å²) in [5, 5.41) is 10.9. The van der Waals surface area contributed by atoms with E-state index in [1.54, 1.807) is 12.1 Å². The third-order valence-corrected chi connectivity index (χ3v) is 9.37. The van der Waals surface area contributed by atoms with Gasteiger partial charge in [-0.05, 0) is 36.1 Å². The molecule has 0 amide bonds. The van der Waals surface area contributed by atoms with Gasteiger partial charge in [0, 0.05) is 38.3 Å². The molecule has 1 unspecified atom stereocenters. The molecule has 11 heteroatoms. The highest BCUT2D eigenvalue weighted by Gasteiger charge is 2.34. The van der Waals surface area contributed by atoms with Gasteiger partial charge in [-0.2, -0.15) is 8.61 Å². The normalized spacial score (nSPS) is 17.4. The summed E-state index contributed by atoms with van der Waals surface area (Å²) in [5.41, 5.74) is 0.748. The maximum Gasteiger partial charge on any atom is 0.270 e. The van der Waals surface area contributed by atoms with Crippen molar-refractivity contribution in [2.75, 3.05) is 26.2 Å². The Kier molecular flexibility index (Phi) is 6.79. The number of benzene rings is 2. The second-order valence-corrected chi connectivity index (χ2v) is 11.3. The number of nitrogens with zero attached hydrogens (tertiary/aromatic N) is 3. The van der Waals surface area contributed by atoms with E-state index in [9.17, 15) is 26.9 Å². The Labute approximate surface area is 182 Å². The molecule has 1 aliphatic heterocycles. The minimum Gasteiger partial charge on any atom is -0.258 e. The largest absolute Gasteiger partial charge is 0.270 e. The van der Waals surface area contributed by atoms with E-state index in [0.29, 0.717) is 5.92 Å². The van der Waals surface area contributed by atoms with Crippen LogP contribution in [0.5, 0.6) is 0 Å². The van der Waals surface area contributed by atoms with Crippen LogP contribution in [0.2, 0.25) is 0 Å². The number of piperazine rings is 1. The van der Waals surface area contributed by atoms with Crippen LogP contribution in [0.3, 0.4) is 0 Å². The van der Waals surface area contributed by atoms with E-state index >= 15 is 0 Å². The van der Waals surface area contributed by atoms with Crippen LogP contribution in [0.1, 0.15) is 31.7 Å². The highest BCUT2D eigenvalue weighted by molar-refractivity contribution is 7.89. The lowest BCUT2D eigenvalue weighted by Crippen LogP contribution is -2.50. The van der Waals surface area contributed by atoms with Gasteiger partial charge in [-0.15, -0.1) is 0 Å². The first-order chi connectivity index (χ1) is 14.6. The zero-order valence-electron chi connectivity index (χ0n) is 17.3. The number of non-ortho nitro benzene ring substituents is 1. The standard InChI is InChI=1S/C20H25N3O6S2/c1-3-16(2)17-7-9-19(10-8-17)30(26,27)21-11-13-22(14-12-21)31(28,29)20-6-4-5-18(15-20)23(24)25/h4-10,15-16H,3,11-14H2,1-2H3. The molecule has 9 nitrogen and oxygen atoms in total. The maximum absolute atomic E-state index is 13.0. The Morgan fingerprint density at radius 2 is 1.42 bits per heavy atom. The second-order valence-electron chi connectivity index (χ2n) is 7.44. The van der Waals surface area contributed by atoms with Crippen molar-refractivity contribution in [3.63, 3.8) is 0 Å². The fraction of sp³-hybridized carbons (Fsp3) is 0.400. The van der Waals surface area contributed by atoms with Crippen molar-refractivity contribution in [3.05, 3.63) is 64.2 Å². The molecule has 0 N–H and O–H groups in total. The van der Waals surface area contributed by atoms with Crippen molar-refractivity contribution in [1.29, 1.82) is 0 Å². The predicted molar refractivity (Wildman–Crippen MR) is 116 cm³/mol. The average Bonchev–Trinajstić information content (AvgIpc) is 2.78. The van der Waals surface area contributed by atoms with Crippen LogP contribution in [-0.4, -0.2) is 56.5 Å². The van der Waals surface area contributed by atoms with Gasteiger partial charge >= 0.3 is 0 Å². The van der Waals surface area contributed by atoms with Crippen molar-refractivity contribution in [3.8, 4) is 0 Å². The Balaban J connectivity index is 1.74. The number of nitro benzene ring substituents is 1. The summed E-state index contributed by atoms with van der Waals surface area (Å²) in [6, 6.07) is 11.6. The molecule has 0 saturated carbocycles. The molecule has 1 fully saturated rings. The molecule has 0 bridgehead atoms. The first-order valence-electron chi connectivity index (χ1n) is 9.92. The minimum atomic E-state index is -3.96. The van der Waals surface area contributed by atoms with Crippen LogP contribution in [0, 0.1) is 10.1 Å². The molecular formula is C20H25N3O6S2. The van der Waals surface area contributed by atoms with Crippen LogP contribution in [0.4, 0.5) is 5.69 Å². The summed E-state index contributed by atoms with van der Waals surface area (Å²) in [6.07, 6.45) is 0.951. The van der Waals surface area contributed by atoms with E-state index in [1.165, 1.54) is 22.5 Å². The van der Waals surface area contributed by atoms with E-state index < -0.39 is 25.0 Å². The smallest absolute Gasteiger partial charge is 0.258 e. The molecule has 2 aromatic carbocycles. The van der Waals surface area contributed by atoms with Crippen LogP contribution in [-0.2, 0) is 20.0 Å². The molecule has 2 aromatic rings. The number of rotatable bonds is 7. The Bertz CT molecular complexity index is 1160. The summed E-state index contributed by atoms with van der Waals surface area (Å²) < 4.78 is 54.1. The molecule has 168 valence electrons. The fourth-order valence-corrected chi connectivity index (χ4v) is 6.29. The Hall–Kier alpha value is -2.34. The first-order valence-corrected chi connectivity index (χ1v) is 12.8. The van der Waals surface area contributed by atoms with Crippen LogP contribution < -0.4 is 0 Å². The highest BCUT2D eigenvalue weighted by Crippen LogP contribution is 2.25. The van der Waals surface area contributed by atoms with Gasteiger partial charge in [0.2, 0.25) is 20.0 Å². The summed E-state index contributed by atoms with van der Waals surface area (Å²) in [5.74, 6) is 0.333. The molecule has 3 rings (SSSR count). The summed E-state index contributed by atoms with van der Waals surface area (Å²) in [4.78, 5) is 10.3. The van der Waals surface area contributed by atoms with Crippen LogP contribution in [0.25, 0.3) is 0 Å². The highest BCUT2D eigenvalue weighted by atomic mass is 32.2. The molecule has 0 spiro atoms. The molecule has 0 aromatic heterocycles. The van der Waals surface area contributed by atoms with Gasteiger partial charge in [0.1, 0.15) is 0 Å². The van der Waals surface area contributed by atoms with Crippen molar-refractivity contribution in [2.24, 2.45) is 0 Å². The van der Waals surface area contributed by atoms with Crippen molar-refractivity contribution >= 4 is 25.7 Å². The lowest BCUT2D eigenvalue weighted by Gasteiger charge is -2.33. The van der Waals surface area contributed by atoms with Crippen molar-refractivity contribution < 1.29 is 21.8 Å². The molecule has 1 saturated heterocycles. The quantitative estimate of drug-likeness (QED) is 0.456. The van der Waals surface area contributed by atoms with Crippen LogP contribution in [0.15, 0.2) is 58.3 Å². The molecule has 31 heavy (non-hydrogen) atoms. The fourth-order valence-electron chi connectivity index (χ4n) is 3.41. The minimum absolute atomic E-state index is 0.00358. The zero-order chi connectivity index (χ0) is 22.8. The summed E-state index contributed by atoms with van der Waals surface area (Å²) >= 11 is 0. The monoisotopic (exact) mass is 467 g/mol. The van der Waals surface area contributed by atoms with E-state index in [0.717, 1.165) is 22.4 Å². The van der Waals surface area contributed by atoms with E-state index in [1.807, 2.05) is 12.1 Å². The lowest BCUT2D eigenvalue weighted by atomic mass is 9.99. The maximum atomic E-state index is 13.0. The third-order valence-electron chi connectivity index (χ3n) is 5.56. The third kappa shape index (κ3) is 4.79. The first kappa shape index (κ1) is 23.3. The van der Waals surface area contributed by atoms with Gasteiger partial charge in [-0.25, -0.2) is 16.8 Å². The van der Waals surface area contributed by atoms with E-state index in [4.69, 9.17) is 0 Å². The van der Waals surface area contributed by atoms with Gasteiger partial charge < -0.3 is 0 Å². The molecule has 1 heterocycles. The average molecular weight is 468 g/mol. The number of hydrogen-bond acceptors (Lipinski definition) is 6. The molecule has 0 radical (unpaired) electrons. The second kappa shape index (κ2) is 9.03. The number of sulfonamides is 2. The molecular weight excluding hydrogens is 442 g/mol. The van der Waals surface area contributed by atoms with Crippen LogP contribution >= 0.6 is 0 Å². The molecule has 0 aliphatic carbocycles. The topological polar surface area (TPSA) is 118 Å². The Morgan fingerprint density at radius 3 is 1.90 bits per heavy atom. The van der Waals surface area contributed by atoms with Gasteiger partial charge in [0.25, 0.3) is 5.69 Å². The van der Waals surface area contributed by atoms with Crippen molar-refractivity contribution in [1.82, 2.24) is 8.61 Å². The van der Waals surface area contributed by atoms with E-state index in [-0.39, 0.29) is 41.7 Å². The SMILES string of the molecule is CCC(C)c1ccc(S(=O)(=O)N2CCN(S(=O)(=O)c3cccc([N+](=O)[O-])c3)CC2)cc1. The van der Waals surface area contributed by atoms with Crippen molar-refractivity contribution in [2.45, 2.75) is 36.0 Å². The van der Waals surface area contributed by atoms with Gasteiger partial charge in [0.05, 0.1) is 14.7 Å². The predicted octanol–water partition coefficient (Wildman–Crippen LogP) is 2.80. The van der Waals surface area contributed by atoms with Gasteiger partial charge in [-0.3, -0.25) is 10.1 Å². The zero-order valence-corrected chi connectivity index (χ0v) is 19.0. The molecule has 1 atom stereocenters.